The summed E-state index contributed by atoms with van der Waals surface area (Å²) in [6, 6.07) is 3.33. The van der Waals surface area contributed by atoms with Crippen LogP contribution in [0.25, 0.3) is 0 Å². The molecule has 0 unspecified atom stereocenters. The third-order valence-corrected chi connectivity index (χ3v) is 4.23. The third kappa shape index (κ3) is 6.71. The van der Waals surface area contributed by atoms with Gasteiger partial charge in [0.25, 0.3) is 5.91 Å². The lowest BCUT2D eigenvalue weighted by Crippen LogP contribution is -2.29. The van der Waals surface area contributed by atoms with Crippen molar-refractivity contribution in [2.45, 2.75) is 33.1 Å². The number of hydrogen-bond acceptors (Lipinski definition) is 4. The van der Waals surface area contributed by atoms with Crippen LogP contribution in [0, 0.1) is 0 Å². The minimum absolute atomic E-state index is 0. The number of carbonyl (C=O) groups excluding carboxylic acids is 1. The van der Waals surface area contributed by atoms with Crippen LogP contribution in [0.4, 0.5) is 0 Å². The number of ether oxygens (including phenoxy) is 2. The standard InChI is InChI=1S/C19H27ClN2O3.ClH/c1-3-5-10-25-18-16(20)11-15(12-17(18)24-4-2)19(23)22-13-14-6-8-21-9-7-14;/h6,11-12,21H,3-5,7-10,13H2,1-2H3,(H,22,23);1H. The van der Waals surface area contributed by atoms with Crippen LogP contribution in [0.2, 0.25) is 5.02 Å². The Bertz CT molecular complexity index is 621. The SMILES string of the molecule is CCCCOc1c(Cl)cc(C(=O)NCC2=CCNCC2)cc1OCC.Cl. The van der Waals surface area contributed by atoms with Crippen molar-refractivity contribution in [3.8, 4) is 11.5 Å². The van der Waals surface area contributed by atoms with Crippen molar-refractivity contribution in [3.63, 3.8) is 0 Å². The molecule has 146 valence electrons. The summed E-state index contributed by atoms with van der Waals surface area (Å²) in [6.45, 7) is 7.40. The quantitative estimate of drug-likeness (QED) is 0.484. The minimum atomic E-state index is -0.164. The highest BCUT2D eigenvalue weighted by molar-refractivity contribution is 6.32. The van der Waals surface area contributed by atoms with E-state index in [9.17, 15) is 4.79 Å². The van der Waals surface area contributed by atoms with E-state index < -0.39 is 0 Å². The van der Waals surface area contributed by atoms with Crippen LogP contribution < -0.4 is 20.1 Å². The molecule has 0 spiro atoms. The number of nitrogens with one attached hydrogen (secondary N) is 2. The molecule has 0 saturated carbocycles. The van der Waals surface area contributed by atoms with E-state index in [1.54, 1.807) is 12.1 Å². The second-order valence-corrected chi connectivity index (χ2v) is 6.33. The van der Waals surface area contributed by atoms with Gasteiger partial charge in [0, 0.05) is 18.7 Å². The minimum Gasteiger partial charge on any atom is -0.490 e. The lowest BCUT2D eigenvalue weighted by atomic mass is 10.1. The fourth-order valence-corrected chi connectivity index (χ4v) is 2.81. The van der Waals surface area contributed by atoms with E-state index in [0.717, 1.165) is 32.4 Å². The lowest BCUT2D eigenvalue weighted by molar-refractivity contribution is 0.0956. The van der Waals surface area contributed by atoms with Crippen molar-refractivity contribution >= 4 is 29.9 Å². The summed E-state index contributed by atoms with van der Waals surface area (Å²) in [6.07, 6.45) is 5.05. The van der Waals surface area contributed by atoms with Gasteiger partial charge in [-0.15, -0.1) is 12.4 Å². The average Bonchev–Trinajstić information content (AvgIpc) is 2.62. The first-order valence-electron chi connectivity index (χ1n) is 8.91. The van der Waals surface area contributed by atoms with E-state index in [-0.39, 0.29) is 18.3 Å². The molecule has 0 atom stereocenters. The Kier molecular flexibility index (Phi) is 10.5. The number of rotatable bonds is 9. The summed E-state index contributed by atoms with van der Waals surface area (Å²) in [5.74, 6) is 0.856. The second-order valence-electron chi connectivity index (χ2n) is 5.92. The van der Waals surface area contributed by atoms with E-state index in [1.807, 2.05) is 6.92 Å². The molecular weight excluding hydrogens is 375 g/mol. The zero-order valence-electron chi connectivity index (χ0n) is 15.4. The molecule has 0 radical (unpaired) electrons. The molecule has 1 aliphatic heterocycles. The number of carbonyl (C=O) groups is 1. The van der Waals surface area contributed by atoms with E-state index in [1.165, 1.54) is 5.57 Å². The first kappa shape index (κ1) is 22.6. The van der Waals surface area contributed by atoms with Crippen LogP contribution in [0.15, 0.2) is 23.8 Å². The van der Waals surface area contributed by atoms with Crippen molar-refractivity contribution in [2.75, 3.05) is 32.8 Å². The molecule has 7 heteroatoms. The monoisotopic (exact) mass is 402 g/mol. The van der Waals surface area contributed by atoms with Crippen molar-refractivity contribution in [3.05, 3.63) is 34.4 Å². The summed E-state index contributed by atoms with van der Waals surface area (Å²) >= 11 is 6.34. The Labute approximate surface area is 166 Å². The van der Waals surface area contributed by atoms with E-state index in [0.29, 0.717) is 41.8 Å². The molecule has 1 aromatic carbocycles. The molecule has 1 amide bonds. The number of hydrogen-bond donors (Lipinski definition) is 2. The Morgan fingerprint density at radius 3 is 2.77 bits per heavy atom. The highest BCUT2D eigenvalue weighted by Crippen LogP contribution is 2.36. The smallest absolute Gasteiger partial charge is 0.251 e. The van der Waals surface area contributed by atoms with Crippen molar-refractivity contribution in [1.82, 2.24) is 10.6 Å². The van der Waals surface area contributed by atoms with Crippen LogP contribution in [0.1, 0.15) is 43.5 Å². The van der Waals surface area contributed by atoms with Gasteiger partial charge >= 0.3 is 0 Å². The fraction of sp³-hybridized carbons (Fsp3) is 0.526. The maximum absolute atomic E-state index is 12.5. The molecule has 0 bridgehead atoms. The topological polar surface area (TPSA) is 59.6 Å². The molecule has 2 rings (SSSR count). The zero-order valence-corrected chi connectivity index (χ0v) is 17.0. The Morgan fingerprint density at radius 2 is 2.12 bits per heavy atom. The number of benzene rings is 1. The normalized spacial score (nSPS) is 13.4. The number of amides is 1. The summed E-state index contributed by atoms with van der Waals surface area (Å²) in [4.78, 5) is 12.5. The summed E-state index contributed by atoms with van der Waals surface area (Å²) < 4.78 is 11.4. The van der Waals surface area contributed by atoms with Crippen LogP contribution in [0.3, 0.4) is 0 Å². The molecule has 2 N–H and O–H groups in total. The molecule has 0 aromatic heterocycles. The molecule has 5 nitrogen and oxygen atoms in total. The molecule has 1 aromatic rings. The molecule has 0 aliphatic carbocycles. The first-order valence-corrected chi connectivity index (χ1v) is 9.29. The van der Waals surface area contributed by atoms with Gasteiger partial charge in [0.1, 0.15) is 0 Å². The molecule has 0 fully saturated rings. The number of unbranched alkanes of at least 4 members (excludes halogenated alkanes) is 1. The predicted octanol–water partition coefficient (Wildman–Crippen LogP) is 3.99. The second kappa shape index (κ2) is 12.0. The molecule has 26 heavy (non-hydrogen) atoms. The van der Waals surface area contributed by atoms with Crippen molar-refractivity contribution < 1.29 is 14.3 Å². The Balaban J connectivity index is 0.00000338. The molecule has 0 saturated heterocycles. The highest BCUT2D eigenvalue weighted by atomic mass is 35.5. The van der Waals surface area contributed by atoms with Gasteiger partial charge in [0.05, 0.1) is 18.2 Å². The van der Waals surface area contributed by atoms with E-state index in [2.05, 4.69) is 23.6 Å². The van der Waals surface area contributed by atoms with Gasteiger partial charge in [-0.25, -0.2) is 0 Å². The van der Waals surface area contributed by atoms with Gasteiger partial charge < -0.3 is 20.1 Å². The van der Waals surface area contributed by atoms with Crippen molar-refractivity contribution in [2.24, 2.45) is 0 Å². The van der Waals surface area contributed by atoms with E-state index >= 15 is 0 Å². The average molecular weight is 403 g/mol. The summed E-state index contributed by atoms with van der Waals surface area (Å²) in [7, 11) is 0. The van der Waals surface area contributed by atoms with Gasteiger partial charge in [-0.2, -0.15) is 0 Å². The third-order valence-electron chi connectivity index (χ3n) is 3.95. The molecule has 1 aliphatic rings. The predicted molar refractivity (Wildman–Crippen MR) is 108 cm³/mol. The van der Waals surface area contributed by atoms with Crippen LogP contribution in [0.5, 0.6) is 11.5 Å². The highest BCUT2D eigenvalue weighted by Gasteiger charge is 2.16. The molecule has 1 heterocycles. The maximum atomic E-state index is 12.5. The van der Waals surface area contributed by atoms with Gasteiger partial charge in [-0.1, -0.05) is 36.6 Å². The number of halogens is 2. The van der Waals surface area contributed by atoms with Crippen LogP contribution >= 0.6 is 24.0 Å². The molecular formula is C19H28Cl2N2O3. The lowest BCUT2D eigenvalue weighted by Gasteiger charge is -2.16. The van der Waals surface area contributed by atoms with Gasteiger partial charge in [-0.05, 0) is 38.4 Å². The Hall–Kier alpha value is -1.43. The van der Waals surface area contributed by atoms with Gasteiger partial charge in [0.2, 0.25) is 0 Å². The fourth-order valence-electron chi connectivity index (χ4n) is 2.55. The van der Waals surface area contributed by atoms with Crippen LogP contribution in [-0.4, -0.2) is 38.8 Å². The summed E-state index contributed by atoms with van der Waals surface area (Å²) in [5.41, 5.74) is 1.72. The largest absolute Gasteiger partial charge is 0.490 e. The Morgan fingerprint density at radius 1 is 1.31 bits per heavy atom. The van der Waals surface area contributed by atoms with Gasteiger partial charge in [0.15, 0.2) is 11.5 Å². The van der Waals surface area contributed by atoms with E-state index in [4.69, 9.17) is 21.1 Å². The zero-order chi connectivity index (χ0) is 18.1. The van der Waals surface area contributed by atoms with Crippen molar-refractivity contribution in [1.29, 1.82) is 0 Å². The maximum Gasteiger partial charge on any atom is 0.251 e. The summed E-state index contributed by atoms with van der Waals surface area (Å²) in [5, 5.41) is 6.60. The van der Waals surface area contributed by atoms with Crippen LogP contribution in [-0.2, 0) is 0 Å². The van der Waals surface area contributed by atoms with Gasteiger partial charge in [-0.3, -0.25) is 4.79 Å². The first-order chi connectivity index (χ1) is 12.2.